The lowest BCUT2D eigenvalue weighted by molar-refractivity contribution is 0.00823. The van der Waals surface area contributed by atoms with Crippen molar-refractivity contribution < 1.29 is 19.4 Å². The van der Waals surface area contributed by atoms with Gasteiger partial charge in [-0.1, -0.05) is 12.5 Å². The normalized spacial score (nSPS) is 21.0. The van der Waals surface area contributed by atoms with Gasteiger partial charge in [-0.05, 0) is 62.8 Å². The number of rotatable bonds is 3. The average Bonchev–Trinajstić information content (AvgIpc) is 2.44. The third-order valence-electron chi connectivity index (χ3n) is 4.59. The number of nitrogens with zero attached hydrogens (tertiary/aromatic N) is 1. The Morgan fingerprint density at radius 2 is 2.08 bits per heavy atom. The summed E-state index contributed by atoms with van der Waals surface area (Å²) in [5.41, 5.74) is 1.25. The molecule has 1 atom stereocenters. The predicted molar refractivity (Wildman–Crippen MR) is 90.9 cm³/mol. The zero-order valence-corrected chi connectivity index (χ0v) is 14.7. The van der Waals surface area contributed by atoms with E-state index in [0.717, 1.165) is 23.5 Å². The molecule has 0 spiro atoms. The van der Waals surface area contributed by atoms with E-state index >= 15 is 0 Å². The lowest BCUT2D eigenvalue weighted by atomic mass is 9.86. The Hall–Kier alpha value is -1.75. The molecule has 24 heavy (non-hydrogen) atoms. The van der Waals surface area contributed by atoms with Gasteiger partial charge in [0.15, 0.2) is 0 Å². The maximum atomic E-state index is 12.2. The highest BCUT2D eigenvalue weighted by atomic mass is 16.6. The van der Waals surface area contributed by atoms with Gasteiger partial charge in [0.2, 0.25) is 0 Å². The van der Waals surface area contributed by atoms with E-state index in [-0.39, 0.29) is 6.54 Å². The van der Waals surface area contributed by atoms with Crippen molar-refractivity contribution in [3.8, 4) is 5.75 Å². The molecule has 1 saturated carbocycles. The summed E-state index contributed by atoms with van der Waals surface area (Å²) in [6.07, 6.45) is 2.69. The van der Waals surface area contributed by atoms with E-state index in [1.54, 1.807) is 4.90 Å². The molecule has 1 heterocycles. The van der Waals surface area contributed by atoms with E-state index < -0.39 is 17.8 Å². The molecule has 1 aliphatic heterocycles. The van der Waals surface area contributed by atoms with Crippen molar-refractivity contribution in [2.75, 3.05) is 13.2 Å². The van der Waals surface area contributed by atoms with E-state index in [4.69, 9.17) is 9.47 Å². The number of hydrogen-bond donors (Lipinski definition) is 1. The van der Waals surface area contributed by atoms with E-state index in [1.165, 1.54) is 19.3 Å². The summed E-state index contributed by atoms with van der Waals surface area (Å²) in [4.78, 5) is 13.8. The second kappa shape index (κ2) is 6.63. The van der Waals surface area contributed by atoms with Gasteiger partial charge in [-0.3, -0.25) is 0 Å². The van der Waals surface area contributed by atoms with E-state index in [9.17, 15) is 9.90 Å². The lowest BCUT2D eigenvalue weighted by Gasteiger charge is -2.34. The van der Waals surface area contributed by atoms with Gasteiger partial charge in [0, 0.05) is 6.54 Å². The molecule has 5 nitrogen and oxygen atoms in total. The van der Waals surface area contributed by atoms with Crippen LogP contribution in [0.1, 0.15) is 57.3 Å². The number of fused-ring (bicyclic) bond motifs is 1. The van der Waals surface area contributed by atoms with Crippen LogP contribution in [0.4, 0.5) is 4.79 Å². The average molecular weight is 333 g/mol. The highest BCUT2D eigenvalue weighted by molar-refractivity contribution is 5.69. The first-order chi connectivity index (χ1) is 11.3. The Bertz CT molecular complexity index is 604. The first-order valence-corrected chi connectivity index (χ1v) is 8.73. The molecule has 0 saturated heterocycles. The smallest absolute Gasteiger partial charge is 0.410 e. The predicted octanol–water partition coefficient (Wildman–Crippen LogP) is 3.65. The molecular formula is C19H27NO4. The van der Waals surface area contributed by atoms with Crippen molar-refractivity contribution in [1.82, 2.24) is 4.90 Å². The van der Waals surface area contributed by atoms with Crippen LogP contribution in [-0.2, 0) is 11.3 Å². The summed E-state index contributed by atoms with van der Waals surface area (Å²) in [6.45, 7) is 6.96. The Labute approximate surface area is 143 Å². The second-order valence-corrected chi connectivity index (χ2v) is 7.85. The summed E-state index contributed by atoms with van der Waals surface area (Å²) in [5, 5.41) is 10.4. The SMILES string of the molecule is CC(C)(C)OC(=O)N1Cc2ccc(OCC3CCC3)cc2C(O)C1. The molecule has 1 unspecified atom stereocenters. The van der Waals surface area contributed by atoms with Crippen molar-refractivity contribution in [2.24, 2.45) is 5.92 Å². The quantitative estimate of drug-likeness (QED) is 0.917. The number of amides is 1. The number of carbonyl (C=O) groups excluding carboxylic acids is 1. The van der Waals surface area contributed by atoms with Gasteiger partial charge < -0.3 is 19.5 Å². The van der Waals surface area contributed by atoms with Crippen LogP contribution in [0, 0.1) is 5.92 Å². The Balaban J connectivity index is 1.66. The minimum Gasteiger partial charge on any atom is -0.493 e. The van der Waals surface area contributed by atoms with Crippen LogP contribution in [0.3, 0.4) is 0 Å². The van der Waals surface area contributed by atoms with Gasteiger partial charge in [0.25, 0.3) is 0 Å². The van der Waals surface area contributed by atoms with Crippen LogP contribution in [0.15, 0.2) is 18.2 Å². The van der Waals surface area contributed by atoms with Crippen molar-refractivity contribution >= 4 is 6.09 Å². The van der Waals surface area contributed by atoms with Crippen LogP contribution >= 0.6 is 0 Å². The number of ether oxygens (including phenoxy) is 2. The van der Waals surface area contributed by atoms with Gasteiger partial charge in [0.05, 0.1) is 19.3 Å². The van der Waals surface area contributed by atoms with Crippen LogP contribution < -0.4 is 4.74 Å². The molecule has 1 N–H and O–H groups in total. The maximum absolute atomic E-state index is 12.2. The highest BCUT2D eigenvalue weighted by Gasteiger charge is 2.30. The third-order valence-corrected chi connectivity index (χ3v) is 4.59. The maximum Gasteiger partial charge on any atom is 0.410 e. The number of benzene rings is 1. The second-order valence-electron chi connectivity index (χ2n) is 7.85. The van der Waals surface area contributed by atoms with Crippen LogP contribution in [0.25, 0.3) is 0 Å². The zero-order valence-electron chi connectivity index (χ0n) is 14.7. The van der Waals surface area contributed by atoms with Gasteiger partial charge in [0.1, 0.15) is 11.4 Å². The number of hydrogen-bond acceptors (Lipinski definition) is 4. The molecule has 132 valence electrons. The number of aliphatic hydroxyl groups is 1. The number of carbonyl (C=O) groups is 1. The van der Waals surface area contributed by atoms with Gasteiger partial charge in [-0.15, -0.1) is 0 Å². The van der Waals surface area contributed by atoms with Crippen LogP contribution in [0.5, 0.6) is 5.75 Å². The summed E-state index contributed by atoms with van der Waals surface area (Å²) in [5.74, 6) is 1.47. The summed E-state index contributed by atoms with van der Waals surface area (Å²) < 4.78 is 11.2. The fraction of sp³-hybridized carbons (Fsp3) is 0.632. The molecule has 1 aromatic rings. The minimum atomic E-state index is -0.714. The topological polar surface area (TPSA) is 59.0 Å². The first-order valence-electron chi connectivity index (χ1n) is 8.73. The standard InChI is InChI=1S/C19H27NO4/c1-19(2,3)24-18(22)20-10-14-7-8-15(9-16(14)17(21)11-20)23-12-13-5-4-6-13/h7-9,13,17,21H,4-6,10-12H2,1-3H3. The largest absolute Gasteiger partial charge is 0.493 e. The van der Waals surface area contributed by atoms with Crippen LogP contribution in [-0.4, -0.2) is 34.9 Å². The molecule has 3 rings (SSSR count). The molecule has 0 aromatic heterocycles. The molecule has 0 bridgehead atoms. The zero-order chi connectivity index (χ0) is 17.3. The summed E-state index contributed by atoms with van der Waals surface area (Å²) in [6, 6.07) is 5.76. The molecular weight excluding hydrogens is 306 g/mol. The molecule has 0 radical (unpaired) electrons. The molecule has 1 aliphatic carbocycles. The third kappa shape index (κ3) is 4.01. The fourth-order valence-electron chi connectivity index (χ4n) is 3.03. The van der Waals surface area contributed by atoms with Gasteiger partial charge in [-0.25, -0.2) is 4.79 Å². The van der Waals surface area contributed by atoms with E-state index in [0.29, 0.717) is 12.5 Å². The lowest BCUT2D eigenvalue weighted by Crippen LogP contribution is -2.41. The highest BCUT2D eigenvalue weighted by Crippen LogP contribution is 2.32. The molecule has 5 heteroatoms. The van der Waals surface area contributed by atoms with Crippen molar-refractivity contribution in [3.05, 3.63) is 29.3 Å². The van der Waals surface area contributed by atoms with Crippen molar-refractivity contribution in [1.29, 1.82) is 0 Å². The van der Waals surface area contributed by atoms with Crippen molar-refractivity contribution in [2.45, 2.75) is 58.3 Å². The fourth-order valence-corrected chi connectivity index (χ4v) is 3.03. The molecule has 2 aliphatic rings. The minimum absolute atomic E-state index is 0.244. The Kier molecular flexibility index (Phi) is 4.72. The summed E-state index contributed by atoms with van der Waals surface area (Å²) in [7, 11) is 0. The van der Waals surface area contributed by atoms with E-state index in [1.807, 2.05) is 39.0 Å². The van der Waals surface area contributed by atoms with Gasteiger partial charge in [-0.2, -0.15) is 0 Å². The van der Waals surface area contributed by atoms with Crippen LogP contribution in [0.2, 0.25) is 0 Å². The molecule has 1 amide bonds. The monoisotopic (exact) mass is 333 g/mol. The molecule has 1 aromatic carbocycles. The van der Waals surface area contributed by atoms with E-state index in [2.05, 4.69) is 0 Å². The molecule has 1 fully saturated rings. The first kappa shape index (κ1) is 17.1. The summed E-state index contributed by atoms with van der Waals surface area (Å²) >= 11 is 0. The van der Waals surface area contributed by atoms with Crippen molar-refractivity contribution in [3.63, 3.8) is 0 Å². The number of β-amino-alcohol motifs (C(OH)–C–C–N with tert-alkyl or cyclic N) is 1. The Morgan fingerprint density at radius 1 is 1.33 bits per heavy atom. The Morgan fingerprint density at radius 3 is 2.71 bits per heavy atom. The number of aliphatic hydroxyl groups excluding tert-OH is 1. The van der Waals surface area contributed by atoms with Gasteiger partial charge >= 0.3 is 6.09 Å².